The Kier molecular flexibility index (Phi) is 2.53. The van der Waals surface area contributed by atoms with Crippen molar-refractivity contribution in [3.63, 3.8) is 0 Å². The van der Waals surface area contributed by atoms with Crippen molar-refractivity contribution in [1.29, 1.82) is 0 Å². The van der Waals surface area contributed by atoms with Gasteiger partial charge >= 0.3 is 0 Å². The second kappa shape index (κ2) is 2.43. The SMILES string of the molecule is C[C@H](N)[C@H](C)Cl. The Morgan fingerprint density at radius 2 is 1.67 bits per heavy atom. The Morgan fingerprint density at radius 3 is 1.67 bits per heavy atom. The van der Waals surface area contributed by atoms with Crippen LogP contribution < -0.4 is 5.73 Å². The van der Waals surface area contributed by atoms with Gasteiger partial charge in [0.15, 0.2) is 0 Å². The summed E-state index contributed by atoms with van der Waals surface area (Å²) >= 11 is 5.49. The Bertz CT molecular complexity index is 28.5. The molecule has 0 saturated carbocycles. The fourth-order valence-electron chi connectivity index (χ4n) is 0. The van der Waals surface area contributed by atoms with Crippen LogP contribution in [0.4, 0.5) is 0 Å². The van der Waals surface area contributed by atoms with Crippen molar-refractivity contribution >= 4 is 11.6 Å². The zero-order chi connectivity index (χ0) is 5.15. The summed E-state index contributed by atoms with van der Waals surface area (Å²) in [6, 6.07) is 0.117. The third kappa shape index (κ3) is 2.49. The smallest absolute Gasteiger partial charge is 0.0456 e. The van der Waals surface area contributed by atoms with Gasteiger partial charge < -0.3 is 5.73 Å². The molecule has 0 aliphatic rings. The first-order valence-electron chi connectivity index (χ1n) is 2.04. The first-order chi connectivity index (χ1) is 2.64. The Balaban J connectivity index is 2.99. The van der Waals surface area contributed by atoms with Crippen LogP contribution in [-0.2, 0) is 0 Å². The monoisotopic (exact) mass is 107 g/mol. The van der Waals surface area contributed by atoms with Gasteiger partial charge in [0.2, 0.25) is 0 Å². The van der Waals surface area contributed by atoms with Crippen LogP contribution in [0.2, 0.25) is 0 Å². The molecule has 2 atom stereocenters. The number of nitrogens with two attached hydrogens (primary N) is 1. The third-order valence-corrected chi connectivity index (χ3v) is 1.12. The topological polar surface area (TPSA) is 26.0 Å². The molecule has 0 aromatic heterocycles. The van der Waals surface area contributed by atoms with Gasteiger partial charge in [0, 0.05) is 11.4 Å². The zero-order valence-corrected chi connectivity index (χ0v) is 4.87. The molecule has 2 N–H and O–H groups in total. The van der Waals surface area contributed by atoms with Crippen LogP contribution in [0.5, 0.6) is 0 Å². The summed E-state index contributed by atoms with van der Waals surface area (Å²) in [5.74, 6) is 0. The van der Waals surface area contributed by atoms with Gasteiger partial charge in [0.25, 0.3) is 0 Å². The second-order valence-corrected chi connectivity index (χ2v) is 2.23. The van der Waals surface area contributed by atoms with Gasteiger partial charge in [-0.25, -0.2) is 0 Å². The highest BCUT2D eigenvalue weighted by Gasteiger charge is 1.98. The maximum Gasteiger partial charge on any atom is 0.0456 e. The molecule has 0 saturated heterocycles. The van der Waals surface area contributed by atoms with E-state index in [2.05, 4.69) is 0 Å². The standard InChI is InChI=1S/C4H10ClN/c1-3(5)4(2)6/h3-4H,6H2,1-2H3/t3-,4-/m0/s1. The minimum Gasteiger partial charge on any atom is -0.327 e. The maximum atomic E-state index is 5.49. The zero-order valence-electron chi connectivity index (χ0n) is 4.11. The van der Waals surface area contributed by atoms with Crippen molar-refractivity contribution in [3.05, 3.63) is 0 Å². The molecule has 0 fully saturated rings. The number of hydrogen-bond donors (Lipinski definition) is 1. The van der Waals surface area contributed by atoms with Crippen molar-refractivity contribution in [2.75, 3.05) is 0 Å². The van der Waals surface area contributed by atoms with Gasteiger partial charge in [-0.1, -0.05) is 0 Å². The van der Waals surface area contributed by atoms with Crippen LogP contribution in [0.3, 0.4) is 0 Å². The predicted octanol–water partition coefficient (Wildman–Crippen LogP) is 0.961. The minimum absolute atomic E-state index is 0.102. The van der Waals surface area contributed by atoms with E-state index in [0.717, 1.165) is 0 Å². The number of alkyl halides is 1. The molecule has 0 amide bonds. The molecule has 2 heteroatoms. The van der Waals surface area contributed by atoms with Gasteiger partial charge in [-0.3, -0.25) is 0 Å². The molecule has 6 heavy (non-hydrogen) atoms. The molecule has 38 valence electrons. The lowest BCUT2D eigenvalue weighted by Crippen LogP contribution is -2.23. The molecule has 0 aliphatic carbocycles. The van der Waals surface area contributed by atoms with Crippen molar-refractivity contribution in [3.8, 4) is 0 Å². The van der Waals surface area contributed by atoms with Crippen molar-refractivity contribution < 1.29 is 0 Å². The molecule has 0 spiro atoms. The van der Waals surface area contributed by atoms with Gasteiger partial charge in [-0.05, 0) is 13.8 Å². The van der Waals surface area contributed by atoms with E-state index in [9.17, 15) is 0 Å². The minimum atomic E-state index is 0.102. The summed E-state index contributed by atoms with van der Waals surface area (Å²) in [6.07, 6.45) is 0. The summed E-state index contributed by atoms with van der Waals surface area (Å²) in [5, 5.41) is 0.102. The molecule has 0 bridgehead atoms. The summed E-state index contributed by atoms with van der Waals surface area (Å²) in [4.78, 5) is 0. The molecule has 0 aromatic carbocycles. The highest BCUT2D eigenvalue weighted by molar-refractivity contribution is 6.20. The van der Waals surface area contributed by atoms with Gasteiger partial charge in [0.1, 0.15) is 0 Å². The van der Waals surface area contributed by atoms with Crippen LogP contribution in [0, 0.1) is 0 Å². The molecule has 0 aliphatic heterocycles. The number of halogens is 1. The first kappa shape index (κ1) is 6.25. The fraction of sp³-hybridized carbons (Fsp3) is 1.00. The van der Waals surface area contributed by atoms with E-state index in [4.69, 9.17) is 17.3 Å². The van der Waals surface area contributed by atoms with E-state index in [1.54, 1.807) is 0 Å². The molecular formula is C4H10ClN. The molecule has 0 heterocycles. The van der Waals surface area contributed by atoms with Crippen LogP contribution in [0.25, 0.3) is 0 Å². The van der Waals surface area contributed by atoms with Gasteiger partial charge in [-0.15, -0.1) is 11.6 Å². The lowest BCUT2D eigenvalue weighted by molar-refractivity contribution is 0.723. The van der Waals surface area contributed by atoms with Crippen molar-refractivity contribution in [1.82, 2.24) is 0 Å². The van der Waals surface area contributed by atoms with Gasteiger partial charge in [-0.2, -0.15) is 0 Å². The summed E-state index contributed by atoms with van der Waals surface area (Å²) in [7, 11) is 0. The maximum absolute atomic E-state index is 5.49. The first-order valence-corrected chi connectivity index (χ1v) is 2.48. The van der Waals surface area contributed by atoms with Crippen LogP contribution in [0.15, 0.2) is 0 Å². The highest BCUT2D eigenvalue weighted by atomic mass is 35.5. The quantitative estimate of drug-likeness (QED) is 0.497. The summed E-state index contributed by atoms with van der Waals surface area (Å²) < 4.78 is 0. The Hall–Kier alpha value is 0.250. The van der Waals surface area contributed by atoms with E-state index in [1.165, 1.54) is 0 Å². The van der Waals surface area contributed by atoms with Crippen molar-refractivity contribution in [2.24, 2.45) is 5.73 Å². The largest absolute Gasteiger partial charge is 0.327 e. The Labute approximate surface area is 43.5 Å². The Morgan fingerprint density at radius 1 is 1.50 bits per heavy atom. The molecule has 0 rings (SSSR count). The average molecular weight is 108 g/mol. The molecule has 1 nitrogen and oxygen atoms in total. The molecule has 0 aromatic rings. The molecule has 0 radical (unpaired) electrons. The van der Waals surface area contributed by atoms with Gasteiger partial charge in [0.05, 0.1) is 0 Å². The van der Waals surface area contributed by atoms with E-state index >= 15 is 0 Å². The van der Waals surface area contributed by atoms with Crippen LogP contribution >= 0.6 is 11.6 Å². The van der Waals surface area contributed by atoms with Crippen LogP contribution in [0.1, 0.15) is 13.8 Å². The van der Waals surface area contributed by atoms with Crippen molar-refractivity contribution in [2.45, 2.75) is 25.3 Å². The lowest BCUT2D eigenvalue weighted by atomic mass is 10.3. The predicted molar refractivity (Wildman–Crippen MR) is 29.0 cm³/mol. The highest BCUT2D eigenvalue weighted by Crippen LogP contribution is 1.95. The van der Waals surface area contributed by atoms with Crippen LogP contribution in [-0.4, -0.2) is 11.4 Å². The second-order valence-electron chi connectivity index (χ2n) is 1.54. The number of rotatable bonds is 1. The third-order valence-electron chi connectivity index (χ3n) is 0.725. The van der Waals surface area contributed by atoms with E-state index in [1.807, 2.05) is 13.8 Å². The summed E-state index contributed by atoms with van der Waals surface area (Å²) in [5.41, 5.74) is 5.30. The average Bonchev–Trinajstić information content (AvgIpc) is 1.36. The van der Waals surface area contributed by atoms with E-state index in [-0.39, 0.29) is 11.4 Å². The lowest BCUT2D eigenvalue weighted by Gasteiger charge is -2.03. The fourth-order valence-corrected chi connectivity index (χ4v) is 0. The number of hydrogen-bond acceptors (Lipinski definition) is 1. The van der Waals surface area contributed by atoms with E-state index < -0.39 is 0 Å². The normalized spacial score (nSPS) is 20.0. The summed E-state index contributed by atoms with van der Waals surface area (Å²) in [6.45, 7) is 3.77. The van der Waals surface area contributed by atoms with E-state index in [0.29, 0.717) is 0 Å². The molecular weight excluding hydrogens is 97.5 g/mol. The molecule has 0 unspecified atom stereocenters.